The molecule has 1 atom stereocenters. The van der Waals surface area contributed by atoms with Gasteiger partial charge < -0.3 is 10.2 Å². The number of pyridine rings is 1. The molecule has 1 saturated heterocycles. The van der Waals surface area contributed by atoms with Crippen LogP contribution in [0.25, 0.3) is 0 Å². The maximum atomic E-state index is 13.3. The molecule has 2 amide bonds. The van der Waals surface area contributed by atoms with Crippen molar-refractivity contribution in [2.45, 2.75) is 25.8 Å². The minimum absolute atomic E-state index is 0.00468. The Morgan fingerprint density at radius 2 is 1.97 bits per heavy atom. The lowest BCUT2D eigenvalue weighted by Crippen LogP contribution is -2.30. The molecule has 3 aromatic rings. The quantitative estimate of drug-likeness (QED) is 0.614. The lowest BCUT2D eigenvalue weighted by atomic mass is 10.1. The number of hydrogen-bond donors (Lipinski definition) is 1. The number of carbonyl (C=O) groups is 2. The van der Waals surface area contributed by atoms with Crippen LogP contribution in [0.15, 0.2) is 54.9 Å². The average molecular weight is 426 g/mol. The summed E-state index contributed by atoms with van der Waals surface area (Å²) in [7, 11) is 0. The fourth-order valence-corrected chi connectivity index (χ4v) is 4.90. The summed E-state index contributed by atoms with van der Waals surface area (Å²) in [4.78, 5) is 32.4. The number of carbonyl (C=O) groups excluding carboxylic acids is 2. The van der Waals surface area contributed by atoms with E-state index < -0.39 is 0 Å². The van der Waals surface area contributed by atoms with Gasteiger partial charge in [-0.2, -0.15) is 0 Å². The van der Waals surface area contributed by atoms with Gasteiger partial charge in [-0.25, -0.2) is 0 Å². The molecule has 2 aromatic heterocycles. The van der Waals surface area contributed by atoms with Gasteiger partial charge in [-0.05, 0) is 61.2 Å². The third-order valence-corrected chi connectivity index (χ3v) is 6.54. The van der Waals surface area contributed by atoms with Gasteiger partial charge in [0.1, 0.15) is 0 Å². The van der Waals surface area contributed by atoms with E-state index in [-0.39, 0.29) is 17.9 Å². The molecule has 148 valence electrons. The molecule has 1 aliphatic rings. The zero-order valence-electron chi connectivity index (χ0n) is 15.9. The molecule has 0 spiro atoms. The fraction of sp³-hybridized carbons (Fsp3) is 0.227. The molecule has 0 aliphatic carbocycles. The van der Waals surface area contributed by atoms with Gasteiger partial charge in [-0.1, -0.05) is 23.7 Å². The van der Waals surface area contributed by atoms with E-state index in [0.717, 1.165) is 30.5 Å². The second-order valence-corrected chi connectivity index (χ2v) is 8.45. The van der Waals surface area contributed by atoms with Crippen LogP contribution in [0.2, 0.25) is 5.02 Å². The van der Waals surface area contributed by atoms with Crippen LogP contribution < -0.4 is 5.32 Å². The zero-order valence-corrected chi connectivity index (χ0v) is 17.5. The normalized spacial score (nSPS) is 16.1. The van der Waals surface area contributed by atoms with Gasteiger partial charge >= 0.3 is 0 Å². The number of halogens is 1. The molecule has 1 N–H and O–H groups in total. The van der Waals surface area contributed by atoms with Crippen molar-refractivity contribution in [1.29, 1.82) is 0 Å². The van der Waals surface area contributed by atoms with E-state index in [0.29, 0.717) is 20.5 Å². The second kappa shape index (κ2) is 8.35. The van der Waals surface area contributed by atoms with Crippen molar-refractivity contribution in [2.75, 3.05) is 11.9 Å². The predicted molar refractivity (Wildman–Crippen MR) is 116 cm³/mol. The molecule has 1 unspecified atom stereocenters. The Kier molecular flexibility index (Phi) is 5.65. The predicted octanol–water partition coefficient (Wildman–Crippen LogP) is 5.33. The summed E-state index contributed by atoms with van der Waals surface area (Å²) < 4.78 is 0. The van der Waals surface area contributed by atoms with Crippen molar-refractivity contribution in [1.82, 2.24) is 9.88 Å². The number of nitrogens with one attached hydrogen (secondary N) is 1. The highest BCUT2D eigenvalue weighted by Gasteiger charge is 2.32. The number of thiophene rings is 1. The molecule has 0 saturated carbocycles. The summed E-state index contributed by atoms with van der Waals surface area (Å²) in [6.45, 7) is 2.62. The average Bonchev–Trinajstić information content (AvgIpc) is 3.35. The number of likely N-dealkylation sites (tertiary alicyclic amines) is 1. The molecule has 0 radical (unpaired) electrons. The van der Waals surface area contributed by atoms with Crippen molar-refractivity contribution in [3.8, 4) is 0 Å². The molecule has 7 heteroatoms. The Balaban J connectivity index is 1.54. The van der Waals surface area contributed by atoms with E-state index in [1.165, 1.54) is 11.3 Å². The first-order valence-corrected chi connectivity index (χ1v) is 10.6. The summed E-state index contributed by atoms with van der Waals surface area (Å²) in [5, 5.41) is 3.89. The molecule has 0 bridgehead atoms. The van der Waals surface area contributed by atoms with Crippen LogP contribution in [0.4, 0.5) is 5.00 Å². The first-order valence-electron chi connectivity index (χ1n) is 9.42. The van der Waals surface area contributed by atoms with Crippen LogP contribution >= 0.6 is 22.9 Å². The van der Waals surface area contributed by atoms with Crippen molar-refractivity contribution in [2.24, 2.45) is 0 Å². The first kappa shape index (κ1) is 19.6. The first-order chi connectivity index (χ1) is 14.0. The van der Waals surface area contributed by atoms with Crippen LogP contribution in [0, 0.1) is 6.92 Å². The number of benzene rings is 1. The third-order valence-electron chi connectivity index (χ3n) is 5.07. The number of amides is 2. The number of rotatable bonds is 4. The number of hydrogen-bond acceptors (Lipinski definition) is 4. The summed E-state index contributed by atoms with van der Waals surface area (Å²) in [6.07, 6.45) is 5.43. The lowest BCUT2D eigenvalue weighted by Gasteiger charge is -2.24. The fourth-order valence-electron chi connectivity index (χ4n) is 3.65. The van der Waals surface area contributed by atoms with Crippen LogP contribution in [0.3, 0.4) is 0 Å². The van der Waals surface area contributed by atoms with Gasteiger partial charge in [0.25, 0.3) is 11.8 Å². The van der Waals surface area contributed by atoms with E-state index in [1.807, 2.05) is 30.0 Å². The monoisotopic (exact) mass is 425 g/mol. The summed E-state index contributed by atoms with van der Waals surface area (Å²) in [6, 6.07) is 12.7. The Morgan fingerprint density at radius 1 is 1.21 bits per heavy atom. The van der Waals surface area contributed by atoms with Crippen molar-refractivity contribution < 1.29 is 9.59 Å². The number of aryl methyl sites for hydroxylation is 1. The van der Waals surface area contributed by atoms with Crippen molar-refractivity contribution in [3.63, 3.8) is 0 Å². The second-order valence-electron chi connectivity index (χ2n) is 6.99. The van der Waals surface area contributed by atoms with Gasteiger partial charge in [-0.3, -0.25) is 14.6 Å². The Morgan fingerprint density at radius 3 is 2.72 bits per heavy atom. The summed E-state index contributed by atoms with van der Waals surface area (Å²) in [5.74, 6) is -0.281. The molecule has 1 fully saturated rings. The molecular weight excluding hydrogens is 406 g/mol. The van der Waals surface area contributed by atoms with E-state index in [2.05, 4.69) is 10.3 Å². The van der Waals surface area contributed by atoms with Gasteiger partial charge in [0.05, 0.1) is 26.5 Å². The molecular formula is C22H20ClN3O2S. The molecule has 4 rings (SSSR count). The van der Waals surface area contributed by atoms with Crippen LogP contribution in [0.5, 0.6) is 0 Å². The molecule has 29 heavy (non-hydrogen) atoms. The minimum Gasteiger partial charge on any atom is -0.331 e. The van der Waals surface area contributed by atoms with Gasteiger partial charge in [0.15, 0.2) is 0 Å². The number of anilines is 1. The summed E-state index contributed by atoms with van der Waals surface area (Å²) in [5.41, 5.74) is 2.37. The smallest absolute Gasteiger partial charge is 0.264 e. The van der Waals surface area contributed by atoms with Crippen molar-refractivity contribution >= 4 is 39.8 Å². The van der Waals surface area contributed by atoms with Crippen molar-refractivity contribution in [3.05, 3.63) is 81.4 Å². The topological polar surface area (TPSA) is 62.3 Å². The van der Waals surface area contributed by atoms with Gasteiger partial charge in [0, 0.05) is 18.9 Å². The van der Waals surface area contributed by atoms with Crippen LogP contribution in [0.1, 0.15) is 50.0 Å². The Labute approximate surface area is 178 Å². The highest BCUT2D eigenvalue weighted by Crippen LogP contribution is 2.36. The largest absolute Gasteiger partial charge is 0.331 e. The lowest BCUT2D eigenvalue weighted by molar-refractivity contribution is 0.0739. The SMILES string of the molecule is Cc1cc(NC(=O)c2ccccc2Cl)sc1C(=O)N1CCCC1c1ccncc1. The van der Waals surface area contributed by atoms with E-state index in [1.54, 1.807) is 36.7 Å². The number of aromatic nitrogens is 1. The Hall–Kier alpha value is -2.70. The Bertz CT molecular complexity index is 1050. The number of nitrogens with zero attached hydrogens (tertiary/aromatic N) is 2. The van der Waals surface area contributed by atoms with Gasteiger partial charge in [-0.15, -0.1) is 11.3 Å². The van der Waals surface area contributed by atoms with E-state index in [4.69, 9.17) is 11.6 Å². The summed E-state index contributed by atoms with van der Waals surface area (Å²) >= 11 is 7.41. The zero-order chi connectivity index (χ0) is 20.4. The molecule has 1 aliphatic heterocycles. The molecule has 3 heterocycles. The maximum absolute atomic E-state index is 13.3. The standard InChI is InChI=1S/C22H20ClN3O2S/c1-14-13-19(25-21(27)16-5-2-3-6-17(16)23)29-20(14)22(28)26-12-4-7-18(26)15-8-10-24-11-9-15/h2-3,5-6,8-11,13,18H,4,7,12H2,1H3,(H,25,27). The third kappa shape index (κ3) is 4.04. The van der Waals surface area contributed by atoms with E-state index in [9.17, 15) is 9.59 Å². The maximum Gasteiger partial charge on any atom is 0.264 e. The van der Waals surface area contributed by atoms with E-state index >= 15 is 0 Å². The molecule has 5 nitrogen and oxygen atoms in total. The van der Waals surface area contributed by atoms with Crippen LogP contribution in [-0.4, -0.2) is 28.2 Å². The highest BCUT2D eigenvalue weighted by molar-refractivity contribution is 7.18. The highest BCUT2D eigenvalue weighted by atomic mass is 35.5. The van der Waals surface area contributed by atoms with Crippen LogP contribution in [-0.2, 0) is 0 Å². The minimum atomic E-state index is -0.285. The molecule has 1 aromatic carbocycles. The van der Waals surface area contributed by atoms with Gasteiger partial charge in [0.2, 0.25) is 0 Å².